The van der Waals surface area contributed by atoms with Crippen molar-refractivity contribution in [3.63, 3.8) is 0 Å². The minimum Gasteiger partial charge on any atom is -0.391 e. The lowest BCUT2D eigenvalue weighted by Crippen LogP contribution is -1.80. The van der Waals surface area contributed by atoms with Gasteiger partial charge in [0.2, 0.25) is 0 Å². The Bertz CT molecular complexity index is 392. The van der Waals surface area contributed by atoms with Crippen molar-refractivity contribution in [3.8, 4) is 10.6 Å². The third-order valence-electron chi connectivity index (χ3n) is 1.88. The van der Waals surface area contributed by atoms with Crippen molar-refractivity contribution in [1.82, 2.24) is 9.97 Å². The fourth-order valence-corrected chi connectivity index (χ4v) is 2.07. The van der Waals surface area contributed by atoms with Crippen molar-refractivity contribution in [2.45, 2.75) is 13.5 Å². The van der Waals surface area contributed by atoms with Crippen LogP contribution in [0.2, 0.25) is 0 Å². The number of aliphatic hydroxyl groups is 1. The van der Waals surface area contributed by atoms with Gasteiger partial charge in [-0.1, -0.05) is 0 Å². The Morgan fingerprint density at radius 1 is 1.62 bits per heavy atom. The highest BCUT2D eigenvalue weighted by Crippen LogP contribution is 2.27. The molecule has 3 nitrogen and oxygen atoms in total. The SMILES string of the molecule is Cc1nc(-c2cc[nH]c2)sc1CO. The molecule has 0 bridgehead atoms. The maximum Gasteiger partial charge on any atom is 0.125 e. The normalized spacial score (nSPS) is 10.6. The largest absolute Gasteiger partial charge is 0.391 e. The molecule has 4 heteroatoms. The van der Waals surface area contributed by atoms with Crippen LogP contribution in [0.1, 0.15) is 10.6 Å². The predicted molar refractivity (Wildman–Crippen MR) is 52.6 cm³/mol. The van der Waals surface area contributed by atoms with Gasteiger partial charge in [0.05, 0.1) is 17.2 Å². The highest BCUT2D eigenvalue weighted by Gasteiger charge is 2.07. The van der Waals surface area contributed by atoms with Gasteiger partial charge in [-0.2, -0.15) is 0 Å². The number of hydrogen-bond donors (Lipinski definition) is 2. The molecule has 13 heavy (non-hydrogen) atoms. The molecule has 0 aliphatic rings. The molecule has 0 saturated carbocycles. The first-order valence-electron chi connectivity index (χ1n) is 4.01. The zero-order valence-electron chi connectivity index (χ0n) is 7.24. The monoisotopic (exact) mass is 194 g/mol. The molecule has 0 unspecified atom stereocenters. The average molecular weight is 194 g/mol. The van der Waals surface area contributed by atoms with Crippen LogP contribution in [0.25, 0.3) is 10.6 Å². The number of hydrogen-bond acceptors (Lipinski definition) is 3. The average Bonchev–Trinajstić information content (AvgIpc) is 2.71. The topological polar surface area (TPSA) is 48.9 Å². The number of aryl methyl sites for hydroxylation is 1. The molecule has 2 heterocycles. The fraction of sp³-hybridized carbons (Fsp3) is 0.222. The van der Waals surface area contributed by atoms with Gasteiger partial charge in [-0.25, -0.2) is 4.98 Å². The predicted octanol–water partition coefficient (Wildman–Crippen LogP) is 1.94. The number of nitrogens with zero attached hydrogens (tertiary/aromatic N) is 1. The first-order chi connectivity index (χ1) is 6.31. The van der Waals surface area contributed by atoms with Crippen molar-refractivity contribution in [2.75, 3.05) is 0 Å². The van der Waals surface area contributed by atoms with Crippen LogP contribution in [0.4, 0.5) is 0 Å². The van der Waals surface area contributed by atoms with Gasteiger partial charge in [0, 0.05) is 18.0 Å². The minimum absolute atomic E-state index is 0.0773. The van der Waals surface area contributed by atoms with E-state index >= 15 is 0 Å². The van der Waals surface area contributed by atoms with Crippen LogP contribution < -0.4 is 0 Å². The lowest BCUT2D eigenvalue weighted by Gasteiger charge is -1.85. The van der Waals surface area contributed by atoms with E-state index in [-0.39, 0.29) is 6.61 Å². The van der Waals surface area contributed by atoms with E-state index in [9.17, 15) is 0 Å². The maximum absolute atomic E-state index is 8.99. The molecular formula is C9H10N2OS. The van der Waals surface area contributed by atoms with Crippen molar-refractivity contribution in [2.24, 2.45) is 0 Å². The molecule has 0 aliphatic heterocycles. The summed E-state index contributed by atoms with van der Waals surface area (Å²) in [4.78, 5) is 8.28. The van der Waals surface area contributed by atoms with Gasteiger partial charge in [0.25, 0.3) is 0 Å². The Morgan fingerprint density at radius 2 is 2.46 bits per heavy atom. The molecule has 2 aromatic rings. The molecule has 0 fully saturated rings. The van der Waals surface area contributed by atoms with Crippen molar-refractivity contribution < 1.29 is 5.11 Å². The quantitative estimate of drug-likeness (QED) is 0.767. The molecule has 2 aromatic heterocycles. The summed E-state index contributed by atoms with van der Waals surface area (Å²) < 4.78 is 0. The van der Waals surface area contributed by atoms with Crippen LogP contribution >= 0.6 is 11.3 Å². The van der Waals surface area contributed by atoms with E-state index in [1.807, 2.05) is 25.4 Å². The number of rotatable bonds is 2. The smallest absolute Gasteiger partial charge is 0.125 e. The molecule has 0 aliphatic carbocycles. The number of aromatic amines is 1. The first kappa shape index (κ1) is 8.47. The molecule has 0 saturated heterocycles. The Labute approximate surface area is 80.1 Å². The van der Waals surface area contributed by atoms with Crippen LogP contribution in [-0.4, -0.2) is 15.1 Å². The van der Waals surface area contributed by atoms with Gasteiger partial charge in [-0.15, -0.1) is 11.3 Å². The minimum atomic E-state index is 0.0773. The van der Waals surface area contributed by atoms with Gasteiger partial charge in [0.15, 0.2) is 0 Å². The number of aliphatic hydroxyl groups excluding tert-OH is 1. The Hall–Kier alpha value is -1.13. The molecular weight excluding hydrogens is 184 g/mol. The molecule has 2 rings (SSSR count). The summed E-state index contributed by atoms with van der Waals surface area (Å²) >= 11 is 1.54. The molecule has 0 spiro atoms. The summed E-state index contributed by atoms with van der Waals surface area (Å²) in [6.07, 6.45) is 3.77. The summed E-state index contributed by atoms with van der Waals surface area (Å²) in [6.45, 7) is 1.99. The molecule has 2 N–H and O–H groups in total. The number of thiazole rings is 1. The van der Waals surface area contributed by atoms with Crippen LogP contribution in [0.3, 0.4) is 0 Å². The molecule has 0 radical (unpaired) electrons. The highest BCUT2D eigenvalue weighted by atomic mass is 32.1. The molecule has 0 aromatic carbocycles. The number of aromatic nitrogens is 2. The van der Waals surface area contributed by atoms with Crippen LogP contribution in [0, 0.1) is 6.92 Å². The van der Waals surface area contributed by atoms with E-state index in [0.717, 1.165) is 21.1 Å². The summed E-state index contributed by atoms with van der Waals surface area (Å²) in [7, 11) is 0. The molecule has 0 amide bonds. The molecule has 0 atom stereocenters. The van der Waals surface area contributed by atoms with E-state index in [1.165, 1.54) is 11.3 Å². The second-order valence-corrected chi connectivity index (χ2v) is 3.87. The second-order valence-electron chi connectivity index (χ2n) is 2.79. The van der Waals surface area contributed by atoms with Gasteiger partial charge >= 0.3 is 0 Å². The number of nitrogens with one attached hydrogen (secondary N) is 1. The zero-order chi connectivity index (χ0) is 9.26. The molecule has 68 valence electrons. The number of H-pyrrole nitrogens is 1. The van der Waals surface area contributed by atoms with Gasteiger partial charge in [0.1, 0.15) is 5.01 Å². The van der Waals surface area contributed by atoms with E-state index in [2.05, 4.69) is 9.97 Å². The van der Waals surface area contributed by atoms with Crippen LogP contribution in [0.15, 0.2) is 18.5 Å². The van der Waals surface area contributed by atoms with Gasteiger partial charge in [-0.3, -0.25) is 0 Å². The highest BCUT2D eigenvalue weighted by molar-refractivity contribution is 7.15. The summed E-state index contributed by atoms with van der Waals surface area (Å²) in [5.41, 5.74) is 2.00. The zero-order valence-corrected chi connectivity index (χ0v) is 8.06. The Kier molecular flexibility index (Phi) is 2.16. The Morgan fingerprint density at radius 3 is 3.00 bits per heavy atom. The lowest BCUT2D eigenvalue weighted by molar-refractivity contribution is 0.284. The first-order valence-corrected chi connectivity index (χ1v) is 4.83. The Balaban J connectivity index is 2.43. The fourth-order valence-electron chi connectivity index (χ4n) is 1.16. The lowest BCUT2D eigenvalue weighted by atomic mass is 10.3. The van der Waals surface area contributed by atoms with Crippen LogP contribution in [0.5, 0.6) is 0 Å². The summed E-state index contributed by atoms with van der Waals surface area (Å²) in [5.74, 6) is 0. The standard InChI is InChI=1S/C9H10N2OS/c1-6-8(5-12)13-9(11-6)7-2-3-10-4-7/h2-4,10,12H,5H2,1H3. The van der Waals surface area contributed by atoms with E-state index < -0.39 is 0 Å². The van der Waals surface area contributed by atoms with E-state index in [4.69, 9.17) is 5.11 Å². The summed E-state index contributed by atoms with van der Waals surface area (Å²) in [5, 5.41) is 9.95. The maximum atomic E-state index is 8.99. The van der Waals surface area contributed by atoms with Crippen molar-refractivity contribution >= 4 is 11.3 Å². The summed E-state index contributed by atoms with van der Waals surface area (Å²) in [6, 6.07) is 1.97. The van der Waals surface area contributed by atoms with Gasteiger partial charge in [-0.05, 0) is 13.0 Å². The van der Waals surface area contributed by atoms with E-state index in [0.29, 0.717) is 0 Å². The van der Waals surface area contributed by atoms with Crippen LogP contribution in [-0.2, 0) is 6.61 Å². The van der Waals surface area contributed by atoms with E-state index in [1.54, 1.807) is 0 Å². The van der Waals surface area contributed by atoms with Gasteiger partial charge < -0.3 is 10.1 Å². The third-order valence-corrected chi connectivity index (χ3v) is 3.07. The van der Waals surface area contributed by atoms with Crippen molar-refractivity contribution in [1.29, 1.82) is 0 Å². The van der Waals surface area contributed by atoms with Crippen molar-refractivity contribution in [3.05, 3.63) is 29.0 Å². The third kappa shape index (κ3) is 1.50. The second kappa shape index (κ2) is 3.32.